The molecule has 1 saturated carbocycles. The average molecular weight is 401 g/mol. The lowest BCUT2D eigenvalue weighted by Gasteiger charge is -2.37. The van der Waals surface area contributed by atoms with Gasteiger partial charge in [-0.2, -0.15) is 0 Å². The number of benzene rings is 1. The molecule has 1 N–H and O–H groups in total. The zero-order valence-electron chi connectivity index (χ0n) is 17.5. The molecule has 29 heavy (non-hydrogen) atoms. The van der Waals surface area contributed by atoms with Crippen LogP contribution in [0.5, 0.6) is 0 Å². The van der Waals surface area contributed by atoms with Crippen molar-refractivity contribution in [2.24, 2.45) is 5.41 Å². The lowest BCUT2D eigenvalue weighted by atomic mass is 9.84. The Balaban J connectivity index is 1.76. The lowest BCUT2D eigenvalue weighted by Crippen LogP contribution is -2.53. The second-order valence-corrected chi connectivity index (χ2v) is 8.90. The van der Waals surface area contributed by atoms with Gasteiger partial charge in [-0.25, -0.2) is 4.79 Å². The van der Waals surface area contributed by atoms with Crippen molar-refractivity contribution in [2.45, 2.75) is 70.9 Å². The lowest BCUT2D eigenvalue weighted by molar-refractivity contribution is -0.141. The predicted octanol–water partition coefficient (Wildman–Crippen LogP) is 3.31. The van der Waals surface area contributed by atoms with Gasteiger partial charge >= 0.3 is 5.97 Å². The van der Waals surface area contributed by atoms with Crippen molar-refractivity contribution in [3.05, 3.63) is 35.9 Å². The molecule has 3 rings (SSSR count). The van der Waals surface area contributed by atoms with E-state index in [1.807, 2.05) is 19.9 Å². The molecular weight excluding hydrogens is 368 g/mol. The van der Waals surface area contributed by atoms with E-state index in [-0.39, 0.29) is 17.9 Å². The highest BCUT2D eigenvalue weighted by Crippen LogP contribution is 2.29. The maximum Gasteiger partial charge on any atom is 0.338 e. The van der Waals surface area contributed by atoms with Crippen LogP contribution in [0.15, 0.2) is 30.3 Å². The Morgan fingerprint density at radius 1 is 1.14 bits per heavy atom. The molecule has 0 bridgehead atoms. The first kappa shape index (κ1) is 21.3. The molecule has 1 aromatic rings. The summed E-state index contributed by atoms with van der Waals surface area (Å²) in [5.41, 5.74) is -0.292. The average Bonchev–Trinajstić information content (AvgIpc) is 3.11. The number of hydrogen-bond donors (Lipinski definition) is 1. The van der Waals surface area contributed by atoms with Gasteiger partial charge < -0.3 is 15.0 Å². The van der Waals surface area contributed by atoms with E-state index in [0.717, 1.165) is 32.1 Å². The summed E-state index contributed by atoms with van der Waals surface area (Å²) in [4.78, 5) is 39.8. The summed E-state index contributed by atoms with van der Waals surface area (Å²) in [6.07, 6.45) is 5.71. The van der Waals surface area contributed by atoms with Crippen LogP contribution in [0.1, 0.15) is 69.2 Å². The van der Waals surface area contributed by atoms with Gasteiger partial charge in [0, 0.05) is 31.0 Å². The van der Waals surface area contributed by atoms with Crippen LogP contribution in [0.2, 0.25) is 0 Å². The molecule has 1 atom stereocenters. The highest BCUT2D eigenvalue weighted by atomic mass is 16.5. The van der Waals surface area contributed by atoms with Crippen LogP contribution < -0.4 is 5.32 Å². The third-order valence-corrected chi connectivity index (χ3v) is 5.90. The molecule has 158 valence electrons. The van der Waals surface area contributed by atoms with Crippen LogP contribution in [0.3, 0.4) is 0 Å². The van der Waals surface area contributed by atoms with Gasteiger partial charge in [0.05, 0.1) is 5.56 Å². The maximum atomic E-state index is 13.2. The van der Waals surface area contributed by atoms with Gasteiger partial charge in [0.2, 0.25) is 5.91 Å². The van der Waals surface area contributed by atoms with Crippen LogP contribution in [0.25, 0.3) is 0 Å². The summed E-state index contributed by atoms with van der Waals surface area (Å²) in [5.74, 6) is -0.688. The topological polar surface area (TPSA) is 75.7 Å². The Hall–Kier alpha value is -2.37. The SMILES string of the molecule is CC(C)(CN1CCCC1=O)[C@@H](OC(=O)c1ccccc1)C(=O)NC1CCCCC1. The highest BCUT2D eigenvalue weighted by Gasteiger charge is 2.42. The molecule has 2 amide bonds. The van der Waals surface area contributed by atoms with Crippen molar-refractivity contribution in [1.82, 2.24) is 10.2 Å². The Bertz CT molecular complexity index is 726. The Morgan fingerprint density at radius 3 is 2.45 bits per heavy atom. The molecule has 2 aliphatic rings. The number of amides is 2. The predicted molar refractivity (Wildman–Crippen MR) is 110 cm³/mol. The van der Waals surface area contributed by atoms with Gasteiger partial charge in [-0.05, 0) is 31.4 Å². The number of esters is 1. The first-order valence-electron chi connectivity index (χ1n) is 10.7. The molecule has 1 aliphatic heterocycles. The van der Waals surface area contributed by atoms with Crippen LogP contribution in [-0.2, 0) is 14.3 Å². The molecule has 1 saturated heterocycles. The highest BCUT2D eigenvalue weighted by molar-refractivity contribution is 5.92. The van der Waals surface area contributed by atoms with Crippen LogP contribution in [0.4, 0.5) is 0 Å². The summed E-state index contributed by atoms with van der Waals surface area (Å²) in [7, 11) is 0. The van der Waals surface area contributed by atoms with Crippen molar-refractivity contribution < 1.29 is 19.1 Å². The van der Waals surface area contributed by atoms with Crippen molar-refractivity contribution in [3.8, 4) is 0 Å². The van der Waals surface area contributed by atoms with E-state index in [0.29, 0.717) is 25.1 Å². The fraction of sp³-hybridized carbons (Fsp3) is 0.609. The number of nitrogens with one attached hydrogen (secondary N) is 1. The van der Waals surface area contributed by atoms with E-state index in [1.54, 1.807) is 29.2 Å². The molecule has 1 aromatic carbocycles. The molecule has 2 fully saturated rings. The number of nitrogens with zero attached hydrogens (tertiary/aromatic N) is 1. The van der Waals surface area contributed by atoms with Gasteiger partial charge in [-0.1, -0.05) is 51.3 Å². The van der Waals surface area contributed by atoms with Gasteiger partial charge in [0.25, 0.3) is 5.91 Å². The molecule has 0 spiro atoms. The van der Waals surface area contributed by atoms with Crippen LogP contribution in [-0.4, -0.2) is 47.9 Å². The van der Waals surface area contributed by atoms with E-state index in [4.69, 9.17) is 4.74 Å². The van der Waals surface area contributed by atoms with E-state index in [1.165, 1.54) is 6.42 Å². The standard InChI is InChI=1S/C23H32N2O4/c1-23(2,16-25-15-9-14-19(25)26)20(21(27)24-18-12-7-4-8-13-18)29-22(28)17-10-5-3-6-11-17/h3,5-6,10-11,18,20H,4,7-9,12-16H2,1-2H3,(H,24,27)/t20-/m0/s1. The minimum Gasteiger partial charge on any atom is -0.448 e. The first-order chi connectivity index (χ1) is 13.9. The van der Waals surface area contributed by atoms with Crippen molar-refractivity contribution in [3.63, 3.8) is 0 Å². The smallest absolute Gasteiger partial charge is 0.338 e. The molecule has 1 heterocycles. The van der Waals surface area contributed by atoms with Gasteiger partial charge in [-0.15, -0.1) is 0 Å². The minimum atomic E-state index is -0.967. The largest absolute Gasteiger partial charge is 0.448 e. The van der Waals surface area contributed by atoms with Crippen molar-refractivity contribution in [1.29, 1.82) is 0 Å². The summed E-state index contributed by atoms with van der Waals surface area (Å²) >= 11 is 0. The van der Waals surface area contributed by atoms with Gasteiger partial charge in [-0.3, -0.25) is 9.59 Å². The maximum absolute atomic E-state index is 13.2. The molecular formula is C23H32N2O4. The monoisotopic (exact) mass is 400 g/mol. The zero-order valence-corrected chi connectivity index (χ0v) is 17.5. The fourth-order valence-corrected chi connectivity index (χ4v) is 4.29. The fourth-order valence-electron chi connectivity index (χ4n) is 4.29. The molecule has 0 unspecified atom stereocenters. The van der Waals surface area contributed by atoms with Crippen molar-refractivity contribution in [2.75, 3.05) is 13.1 Å². The van der Waals surface area contributed by atoms with Gasteiger partial charge in [0.1, 0.15) is 0 Å². The third-order valence-electron chi connectivity index (χ3n) is 5.90. The first-order valence-corrected chi connectivity index (χ1v) is 10.7. The minimum absolute atomic E-state index is 0.0962. The number of carbonyl (C=O) groups is 3. The van der Waals surface area contributed by atoms with E-state index in [9.17, 15) is 14.4 Å². The van der Waals surface area contributed by atoms with Crippen LogP contribution in [0, 0.1) is 5.41 Å². The summed E-state index contributed by atoms with van der Waals surface area (Å²) in [6, 6.07) is 8.83. The normalized spacial score (nSPS) is 19.1. The molecule has 0 aromatic heterocycles. The second kappa shape index (κ2) is 9.42. The van der Waals surface area contributed by atoms with E-state index >= 15 is 0 Å². The number of likely N-dealkylation sites (tertiary alicyclic amines) is 1. The second-order valence-electron chi connectivity index (χ2n) is 8.90. The van der Waals surface area contributed by atoms with Crippen LogP contribution >= 0.6 is 0 Å². The Labute approximate surface area is 173 Å². The number of ether oxygens (including phenoxy) is 1. The molecule has 1 aliphatic carbocycles. The summed E-state index contributed by atoms with van der Waals surface area (Å²) in [5, 5.41) is 3.10. The molecule has 6 heteroatoms. The summed E-state index contributed by atoms with van der Waals surface area (Å²) in [6.45, 7) is 4.85. The van der Waals surface area contributed by atoms with Crippen molar-refractivity contribution >= 4 is 17.8 Å². The molecule has 6 nitrogen and oxygen atoms in total. The van der Waals surface area contributed by atoms with E-state index in [2.05, 4.69) is 5.32 Å². The zero-order chi connectivity index (χ0) is 20.9. The number of carbonyl (C=O) groups excluding carboxylic acids is 3. The Kier molecular flexibility index (Phi) is 6.93. The summed E-state index contributed by atoms with van der Waals surface area (Å²) < 4.78 is 5.76. The Morgan fingerprint density at radius 2 is 1.83 bits per heavy atom. The number of rotatable bonds is 7. The molecule has 0 radical (unpaired) electrons. The number of hydrogen-bond acceptors (Lipinski definition) is 4. The van der Waals surface area contributed by atoms with E-state index < -0.39 is 17.5 Å². The third kappa shape index (κ3) is 5.58. The quantitative estimate of drug-likeness (QED) is 0.713. The van der Waals surface area contributed by atoms with Gasteiger partial charge in [0.15, 0.2) is 6.10 Å².